The molecule has 5 nitrogen and oxygen atoms in total. The summed E-state index contributed by atoms with van der Waals surface area (Å²) in [4.78, 5) is 13.6. The number of anilines is 2. The first-order valence-corrected chi connectivity index (χ1v) is 9.40. The van der Waals surface area contributed by atoms with Gasteiger partial charge in [-0.15, -0.1) is 0 Å². The van der Waals surface area contributed by atoms with Crippen molar-refractivity contribution >= 4 is 11.5 Å². The average Bonchev–Trinajstić information content (AvgIpc) is 2.72. The molecule has 0 saturated carbocycles. The Morgan fingerprint density at radius 3 is 2.37 bits per heavy atom. The first kappa shape index (κ1) is 17.6. The van der Waals surface area contributed by atoms with Crippen LogP contribution in [0.2, 0.25) is 0 Å². The summed E-state index contributed by atoms with van der Waals surface area (Å²) in [7, 11) is 2.19. The van der Waals surface area contributed by atoms with Crippen LogP contribution < -0.4 is 5.32 Å². The maximum absolute atomic E-state index is 4.38. The molecule has 27 heavy (non-hydrogen) atoms. The Hall–Kier alpha value is -2.76. The van der Waals surface area contributed by atoms with Crippen LogP contribution in [0.3, 0.4) is 0 Å². The maximum atomic E-state index is 4.38. The lowest BCUT2D eigenvalue weighted by atomic mass is 10.1. The Kier molecular flexibility index (Phi) is 5.42. The minimum Gasteiger partial charge on any atom is -0.340 e. The number of nitrogens with zero attached hydrogens (tertiary/aromatic N) is 4. The topological polar surface area (TPSA) is 44.3 Å². The predicted molar refractivity (Wildman–Crippen MR) is 110 cm³/mol. The van der Waals surface area contributed by atoms with Gasteiger partial charge in [-0.05, 0) is 24.7 Å². The molecule has 0 spiro atoms. The lowest BCUT2D eigenvalue weighted by Gasteiger charge is -2.32. The van der Waals surface area contributed by atoms with Crippen molar-refractivity contribution in [2.75, 3.05) is 38.5 Å². The molecule has 4 rings (SSSR count). The van der Waals surface area contributed by atoms with Crippen molar-refractivity contribution in [2.24, 2.45) is 0 Å². The van der Waals surface area contributed by atoms with Crippen molar-refractivity contribution in [3.05, 3.63) is 72.6 Å². The van der Waals surface area contributed by atoms with E-state index in [-0.39, 0.29) is 0 Å². The number of nitrogens with one attached hydrogen (secondary N) is 1. The number of hydrogen-bond acceptors (Lipinski definition) is 5. The molecule has 1 aliphatic rings. The normalized spacial score (nSPS) is 15.6. The zero-order valence-corrected chi connectivity index (χ0v) is 15.7. The van der Waals surface area contributed by atoms with E-state index in [1.807, 2.05) is 24.3 Å². The van der Waals surface area contributed by atoms with Gasteiger partial charge in [0.2, 0.25) is 0 Å². The van der Waals surface area contributed by atoms with E-state index in [1.54, 1.807) is 6.33 Å². The van der Waals surface area contributed by atoms with Crippen molar-refractivity contribution in [3.8, 4) is 11.3 Å². The Balaban J connectivity index is 1.40. The van der Waals surface area contributed by atoms with Crippen LogP contribution in [0.25, 0.3) is 11.3 Å². The van der Waals surface area contributed by atoms with E-state index >= 15 is 0 Å². The third-order valence-corrected chi connectivity index (χ3v) is 4.97. The molecular weight excluding hydrogens is 334 g/mol. The van der Waals surface area contributed by atoms with Gasteiger partial charge in [-0.1, -0.05) is 42.5 Å². The second-order valence-electron chi connectivity index (χ2n) is 7.06. The number of piperazine rings is 1. The van der Waals surface area contributed by atoms with E-state index in [1.165, 1.54) is 5.56 Å². The molecule has 0 unspecified atom stereocenters. The van der Waals surface area contributed by atoms with E-state index in [2.05, 4.69) is 68.5 Å². The number of aromatic nitrogens is 2. The molecule has 0 radical (unpaired) electrons. The van der Waals surface area contributed by atoms with Crippen LogP contribution in [0.1, 0.15) is 5.56 Å². The third kappa shape index (κ3) is 4.70. The molecule has 5 heteroatoms. The van der Waals surface area contributed by atoms with Crippen LogP contribution in [-0.2, 0) is 6.54 Å². The van der Waals surface area contributed by atoms with Gasteiger partial charge in [0.05, 0.1) is 5.69 Å². The maximum Gasteiger partial charge on any atom is 0.134 e. The van der Waals surface area contributed by atoms with Crippen molar-refractivity contribution in [1.29, 1.82) is 0 Å². The molecule has 0 bridgehead atoms. The molecule has 138 valence electrons. The Bertz CT molecular complexity index is 855. The SMILES string of the molecule is CN1CCN(Cc2ccc(Nc3cc(-c4ccccc4)ncn3)cc2)CC1. The minimum absolute atomic E-state index is 0.802. The number of rotatable bonds is 5. The van der Waals surface area contributed by atoms with Crippen LogP contribution >= 0.6 is 0 Å². The summed E-state index contributed by atoms with van der Waals surface area (Å²) in [6.07, 6.45) is 1.60. The van der Waals surface area contributed by atoms with Crippen molar-refractivity contribution < 1.29 is 0 Å². The quantitative estimate of drug-likeness (QED) is 0.754. The van der Waals surface area contributed by atoms with E-state index in [0.717, 1.165) is 55.5 Å². The monoisotopic (exact) mass is 359 g/mol. The molecule has 1 saturated heterocycles. The van der Waals surface area contributed by atoms with Crippen molar-refractivity contribution in [1.82, 2.24) is 19.8 Å². The summed E-state index contributed by atoms with van der Waals surface area (Å²) in [6, 6.07) is 20.8. The van der Waals surface area contributed by atoms with Gasteiger partial charge in [0.1, 0.15) is 12.1 Å². The van der Waals surface area contributed by atoms with Crippen LogP contribution in [-0.4, -0.2) is 53.0 Å². The summed E-state index contributed by atoms with van der Waals surface area (Å²) < 4.78 is 0. The van der Waals surface area contributed by atoms with Gasteiger partial charge in [0.25, 0.3) is 0 Å². The zero-order chi connectivity index (χ0) is 18.5. The van der Waals surface area contributed by atoms with E-state index < -0.39 is 0 Å². The largest absolute Gasteiger partial charge is 0.340 e. The summed E-state index contributed by atoms with van der Waals surface area (Å²) in [6.45, 7) is 5.59. The van der Waals surface area contributed by atoms with Crippen molar-refractivity contribution in [2.45, 2.75) is 6.54 Å². The fourth-order valence-electron chi connectivity index (χ4n) is 3.30. The molecular formula is C22H25N5. The molecule has 0 aliphatic carbocycles. The highest BCUT2D eigenvalue weighted by Crippen LogP contribution is 2.21. The van der Waals surface area contributed by atoms with Crippen molar-refractivity contribution in [3.63, 3.8) is 0 Å². The third-order valence-electron chi connectivity index (χ3n) is 4.97. The Labute approximate surface area is 160 Å². The highest BCUT2D eigenvalue weighted by atomic mass is 15.2. The van der Waals surface area contributed by atoms with Crippen LogP contribution in [0.5, 0.6) is 0 Å². The van der Waals surface area contributed by atoms with Crippen LogP contribution in [0.15, 0.2) is 67.0 Å². The summed E-state index contributed by atoms with van der Waals surface area (Å²) in [5.74, 6) is 0.802. The molecule has 0 amide bonds. The van der Waals surface area contributed by atoms with Gasteiger partial charge in [-0.3, -0.25) is 4.90 Å². The van der Waals surface area contributed by atoms with Gasteiger partial charge < -0.3 is 10.2 Å². The van der Waals surface area contributed by atoms with E-state index in [4.69, 9.17) is 0 Å². The van der Waals surface area contributed by atoms with E-state index in [0.29, 0.717) is 0 Å². The molecule has 1 aliphatic heterocycles. The second-order valence-corrected chi connectivity index (χ2v) is 7.06. The molecule has 1 aromatic heterocycles. The first-order valence-electron chi connectivity index (χ1n) is 9.40. The van der Waals surface area contributed by atoms with Crippen LogP contribution in [0, 0.1) is 0 Å². The minimum atomic E-state index is 0.802. The summed E-state index contributed by atoms with van der Waals surface area (Å²) in [5, 5.41) is 3.38. The predicted octanol–water partition coefficient (Wildman–Crippen LogP) is 3.63. The molecule has 0 atom stereocenters. The van der Waals surface area contributed by atoms with Gasteiger partial charge in [-0.25, -0.2) is 9.97 Å². The molecule has 2 aromatic carbocycles. The van der Waals surface area contributed by atoms with Gasteiger partial charge >= 0.3 is 0 Å². The number of likely N-dealkylation sites (N-methyl/N-ethyl adjacent to an activating group) is 1. The summed E-state index contributed by atoms with van der Waals surface area (Å²) >= 11 is 0. The fourth-order valence-corrected chi connectivity index (χ4v) is 3.30. The summed E-state index contributed by atoms with van der Waals surface area (Å²) in [5.41, 5.74) is 4.39. The molecule has 1 fully saturated rings. The van der Waals surface area contributed by atoms with Crippen LogP contribution in [0.4, 0.5) is 11.5 Å². The number of hydrogen-bond donors (Lipinski definition) is 1. The molecule has 3 aromatic rings. The van der Waals surface area contributed by atoms with Gasteiger partial charge in [0.15, 0.2) is 0 Å². The van der Waals surface area contributed by atoms with Gasteiger partial charge in [-0.2, -0.15) is 0 Å². The fraction of sp³-hybridized carbons (Fsp3) is 0.273. The highest BCUT2D eigenvalue weighted by molar-refractivity contribution is 5.65. The molecule has 1 N–H and O–H groups in total. The number of benzene rings is 2. The second kappa shape index (κ2) is 8.29. The smallest absolute Gasteiger partial charge is 0.134 e. The zero-order valence-electron chi connectivity index (χ0n) is 15.7. The first-order chi connectivity index (χ1) is 13.3. The van der Waals surface area contributed by atoms with Gasteiger partial charge in [0, 0.05) is 50.0 Å². The van der Waals surface area contributed by atoms with E-state index in [9.17, 15) is 0 Å². The lowest BCUT2D eigenvalue weighted by Crippen LogP contribution is -2.43. The molecule has 2 heterocycles. The Morgan fingerprint density at radius 1 is 0.889 bits per heavy atom. The lowest BCUT2D eigenvalue weighted by molar-refractivity contribution is 0.148. The average molecular weight is 359 g/mol. The standard InChI is InChI=1S/C22H25N5/c1-26-11-13-27(14-12-26)16-18-7-9-20(10-8-18)25-22-15-21(23-17-24-22)19-5-3-2-4-6-19/h2-10,15,17H,11-14,16H2,1H3,(H,23,24,25). The highest BCUT2D eigenvalue weighted by Gasteiger charge is 2.13. The Morgan fingerprint density at radius 2 is 1.63 bits per heavy atom.